The highest BCUT2D eigenvalue weighted by atomic mass is 32.2. The quantitative estimate of drug-likeness (QED) is 0.455. The molecule has 0 fully saturated rings. The van der Waals surface area contributed by atoms with E-state index in [9.17, 15) is 16.8 Å². The molecule has 0 aromatic heterocycles. The zero-order valence-electron chi connectivity index (χ0n) is 10.4. The summed E-state index contributed by atoms with van der Waals surface area (Å²) in [7, 11) is -7.53. The van der Waals surface area contributed by atoms with Crippen LogP contribution in [-0.4, -0.2) is 29.1 Å². The van der Waals surface area contributed by atoms with E-state index in [4.69, 9.17) is 16.1 Å². The van der Waals surface area contributed by atoms with Gasteiger partial charge in [0.05, 0.1) is 16.2 Å². The average Bonchev–Trinajstić information content (AvgIpc) is 2.33. The van der Waals surface area contributed by atoms with Gasteiger partial charge in [-0.2, -0.15) is 5.26 Å². The van der Waals surface area contributed by atoms with Crippen molar-refractivity contribution in [2.24, 2.45) is 5.14 Å². The molecule has 0 heterocycles. The van der Waals surface area contributed by atoms with Crippen LogP contribution in [-0.2, 0) is 20.0 Å². The minimum absolute atomic E-state index is 0.0366. The van der Waals surface area contributed by atoms with Crippen molar-refractivity contribution >= 4 is 25.7 Å². The van der Waals surface area contributed by atoms with Crippen molar-refractivity contribution < 1.29 is 16.8 Å². The number of sulfonamides is 2. The van der Waals surface area contributed by atoms with Gasteiger partial charge < -0.3 is 5.73 Å². The van der Waals surface area contributed by atoms with Gasteiger partial charge in [-0.15, -0.1) is 0 Å². The first-order valence-electron chi connectivity index (χ1n) is 5.45. The number of hydrogen-bond acceptors (Lipinski definition) is 6. The summed E-state index contributed by atoms with van der Waals surface area (Å²) in [4.78, 5) is -0.204. The largest absolute Gasteiger partial charge is 0.399 e. The second-order valence-corrected chi connectivity index (χ2v) is 7.46. The molecule has 0 aliphatic rings. The number of nitrogens with one attached hydrogen (secondary N) is 1. The van der Waals surface area contributed by atoms with Gasteiger partial charge in [0.25, 0.3) is 0 Å². The molecule has 8 nitrogen and oxygen atoms in total. The Morgan fingerprint density at radius 2 is 1.90 bits per heavy atom. The molecular weight excluding hydrogens is 304 g/mol. The molecule has 0 saturated carbocycles. The number of nitrogen functional groups attached to an aromatic ring is 1. The molecule has 0 saturated heterocycles. The summed E-state index contributed by atoms with van der Waals surface area (Å²) >= 11 is 0. The van der Waals surface area contributed by atoms with Gasteiger partial charge in [0.2, 0.25) is 20.0 Å². The van der Waals surface area contributed by atoms with E-state index in [0.29, 0.717) is 0 Å². The third-order valence-electron chi connectivity index (χ3n) is 2.31. The number of rotatable bonds is 6. The Morgan fingerprint density at radius 1 is 1.25 bits per heavy atom. The number of anilines is 1. The molecule has 1 rings (SSSR count). The third kappa shape index (κ3) is 4.78. The van der Waals surface area contributed by atoms with Crippen molar-refractivity contribution in [2.45, 2.75) is 11.3 Å². The van der Waals surface area contributed by atoms with Crippen LogP contribution in [0.4, 0.5) is 5.69 Å². The van der Waals surface area contributed by atoms with Crippen molar-refractivity contribution in [1.82, 2.24) is 4.72 Å². The van der Waals surface area contributed by atoms with Crippen LogP contribution in [0.1, 0.15) is 12.0 Å². The third-order valence-corrected chi connectivity index (χ3v) is 4.69. The summed E-state index contributed by atoms with van der Waals surface area (Å²) in [5, 5.41) is 13.7. The van der Waals surface area contributed by atoms with Crippen molar-refractivity contribution in [3.8, 4) is 6.07 Å². The van der Waals surface area contributed by atoms with E-state index in [1.807, 2.05) is 0 Å². The molecule has 0 radical (unpaired) electrons. The Hall–Kier alpha value is -1.67. The van der Waals surface area contributed by atoms with Gasteiger partial charge in [-0.25, -0.2) is 26.7 Å². The van der Waals surface area contributed by atoms with Crippen LogP contribution >= 0.6 is 0 Å². The predicted octanol–water partition coefficient (Wildman–Crippen LogP) is -0.903. The molecule has 0 amide bonds. The van der Waals surface area contributed by atoms with E-state index < -0.39 is 20.0 Å². The normalized spacial score (nSPS) is 12.0. The fourth-order valence-electron chi connectivity index (χ4n) is 1.43. The summed E-state index contributed by atoms with van der Waals surface area (Å²) < 4.78 is 47.5. The molecule has 0 spiro atoms. The number of primary sulfonamides is 1. The molecule has 1 aromatic carbocycles. The second kappa shape index (κ2) is 6.19. The Kier molecular flexibility index (Phi) is 5.07. The van der Waals surface area contributed by atoms with Crippen LogP contribution in [0.5, 0.6) is 0 Å². The lowest BCUT2D eigenvalue weighted by Crippen LogP contribution is -2.28. The van der Waals surface area contributed by atoms with Crippen molar-refractivity contribution in [3.63, 3.8) is 0 Å². The first kappa shape index (κ1) is 16.4. The van der Waals surface area contributed by atoms with E-state index in [0.717, 1.165) is 0 Å². The first-order valence-corrected chi connectivity index (χ1v) is 8.65. The van der Waals surface area contributed by atoms with Crippen LogP contribution < -0.4 is 15.6 Å². The Labute approximate surface area is 117 Å². The molecule has 1 aromatic rings. The monoisotopic (exact) mass is 318 g/mol. The van der Waals surface area contributed by atoms with Gasteiger partial charge in [0.15, 0.2) is 0 Å². The molecular formula is C10H14N4O4S2. The molecule has 0 atom stereocenters. The molecule has 0 aliphatic carbocycles. The fraction of sp³-hybridized carbons (Fsp3) is 0.300. The van der Waals surface area contributed by atoms with Crippen molar-refractivity contribution in [3.05, 3.63) is 23.8 Å². The average molecular weight is 318 g/mol. The second-order valence-electron chi connectivity index (χ2n) is 3.99. The van der Waals surface area contributed by atoms with Gasteiger partial charge in [0.1, 0.15) is 6.07 Å². The molecule has 110 valence electrons. The topological polar surface area (TPSA) is 156 Å². The molecule has 10 heteroatoms. The molecule has 0 aliphatic heterocycles. The lowest BCUT2D eigenvalue weighted by Gasteiger charge is -2.08. The van der Waals surface area contributed by atoms with Crippen LogP contribution in [0.15, 0.2) is 23.1 Å². The highest BCUT2D eigenvalue weighted by Crippen LogP contribution is 2.17. The summed E-state index contributed by atoms with van der Waals surface area (Å²) in [6, 6.07) is 5.57. The Bertz CT molecular complexity index is 735. The zero-order valence-corrected chi connectivity index (χ0v) is 12.0. The number of nitriles is 1. The van der Waals surface area contributed by atoms with Crippen molar-refractivity contribution in [1.29, 1.82) is 5.26 Å². The van der Waals surface area contributed by atoms with Crippen LogP contribution in [0, 0.1) is 11.3 Å². The van der Waals surface area contributed by atoms with E-state index in [1.165, 1.54) is 18.2 Å². The summed E-state index contributed by atoms with van der Waals surface area (Å²) in [6.07, 6.45) is 0.0366. The smallest absolute Gasteiger partial charge is 0.241 e. The first-order chi connectivity index (χ1) is 9.15. The Morgan fingerprint density at radius 3 is 2.45 bits per heavy atom. The SMILES string of the molecule is N#Cc1cc(N)ccc1S(=O)(=O)NCCCS(N)(=O)=O. The highest BCUT2D eigenvalue weighted by Gasteiger charge is 2.18. The van der Waals surface area contributed by atoms with Crippen LogP contribution in [0.3, 0.4) is 0 Å². The lowest BCUT2D eigenvalue weighted by atomic mass is 10.2. The highest BCUT2D eigenvalue weighted by molar-refractivity contribution is 7.89. The number of nitrogens with zero attached hydrogens (tertiary/aromatic N) is 1. The fourth-order valence-corrected chi connectivity index (χ4v) is 3.18. The maximum absolute atomic E-state index is 12.0. The van der Waals surface area contributed by atoms with Crippen molar-refractivity contribution in [2.75, 3.05) is 18.0 Å². The number of nitrogens with two attached hydrogens (primary N) is 2. The maximum atomic E-state index is 12.0. The van der Waals surface area contributed by atoms with Gasteiger partial charge in [-0.3, -0.25) is 0 Å². The minimum Gasteiger partial charge on any atom is -0.399 e. The molecule has 0 bridgehead atoms. The molecule has 0 unspecified atom stereocenters. The number of hydrogen-bond donors (Lipinski definition) is 3. The van der Waals surface area contributed by atoms with Gasteiger partial charge in [-0.05, 0) is 24.6 Å². The summed E-state index contributed by atoms with van der Waals surface area (Å²) in [6.45, 7) is -0.103. The molecule has 5 N–H and O–H groups in total. The van der Waals surface area contributed by atoms with Gasteiger partial charge in [0, 0.05) is 12.2 Å². The van der Waals surface area contributed by atoms with E-state index in [2.05, 4.69) is 4.72 Å². The van der Waals surface area contributed by atoms with Crippen LogP contribution in [0.25, 0.3) is 0 Å². The van der Waals surface area contributed by atoms with Crippen LogP contribution in [0.2, 0.25) is 0 Å². The standard InChI is InChI=1S/C10H14N4O4S2/c11-7-8-6-9(12)2-3-10(8)20(17,18)14-4-1-5-19(13,15)16/h2-3,6,14H,1,4-5,12H2,(H2,13,15,16). The van der Waals surface area contributed by atoms with E-state index in [-0.39, 0.29) is 34.9 Å². The van der Waals surface area contributed by atoms with E-state index >= 15 is 0 Å². The lowest BCUT2D eigenvalue weighted by molar-refractivity contribution is 0.576. The molecule has 20 heavy (non-hydrogen) atoms. The van der Waals surface area contributed by atoms with Gasteiger partial charge in [-0.1, -0.05) is 0 Å². The van der Waals surface area contributed by atoms with E-state index in [1.54, 1.807) is 6.07 Å². The summed E-state index contributed by atoms with van der Waals surface area (Å²) in [5.74, 6) is -0.331. The predicted molar refractivity (Wildman–Crippen MR) is 73.3 cm³/mol. The van der Waals surface area contributed by atoms with Gasteiger partial charge >= 0.3 is 0 Å². The summed E-state index contributed by atoms with van der Waals surface area (Å²) in [5.41, 5.74) is 5.66. The number of benzene rings is 1. The minimum atomic E-state index is -3.90. The maximum Gasteiger partial charge on any atom is 0.241 e. The Balaban J connectivity index is 2.83. The zero-order chi connectivity index (χ0) is 15.4.